The number of carbonyl (C=O) groups is 1. The Labute approximate surface area is 103 Å². The minimum Gasteiger partial charge on any atom is -0.444 e. The van der Waals surface area contributed by atoms with Crippen molar-refractivity contribution >= 4 is 34.4 Å². The van der Waals surface area contributed by atoms with Crippen LogP contribution < -0.4 is 10.3 Å². The van der Waals surface area contributed by atoms with Gasteiger partial charge in [0, 0.05) is 6.07 Å². The standard InChI is InChI=1S/C10H13IN2O2/c1-10(2,3)15-9(14)13-8-4-5-12-6-7(8)11/h4-6H,1-3H3,(H,12,13,14)/p+1. The van der Waals surface area contributed by atoms with E-state index in [2.05, 4.69) is 32.9 Å². The van der Waals surface area contributed by atoms with E-state index in [1.165, 1.54) is 0 Å². The van der Waals surface area contributed by atoms with Crippen LogP contribution >= 0.6 is 22.6 Å². The van der Waals surface area contributed by atoms with E-state index < -0.39 is 11.7 Å². The summed E-state index contributed by atoms with van der Waals surface area (Å²) in [6.07, 6.45) is 3.11. The largest absolute Gasteiger partial charge is 0.444 e. The van der Waals surface area contributed by atoms with Gasteiger partial charge in [0.15, 0.2) is 12.4 Å². The number of anilines is 1. The maximum Gasteiger partial charge on any atom is 0.412 e. The van der Waals surface area contributed by atoms with Crippen LogP contribution in [0.3, 0.4) is 0 Å². The lowest BCUT2D eigenvalue weighted by Gasteiger charge is -2.19. The van der Waals surface area contributed by atoms with Gasteiger partial charge in [-0.25, -0.2) is 9.78 Å². The van der Waals surface area contributed by atoms with Crippen molar-refractivity contribution in [3.05, 3.63) is 22.0 Å². The highest BCUT2D eigenvalue weighted by Gasteiger charge is 2.17. The van der Waals surface area contributed by atoms with Crippen molar-refractivity contribution < 1.29 is 14.5 Å². The van der Waals surface area contributed by atoms with E-state index in [0.29, 0.717) is 0 Å². The highest BCUT2D eigenvalue weighted by atomic mass is 127. The third-order valence-electron chi connectivity index (χ3n) is 1.45. The van der Waals surface area contributed by atoms with Crippen molar-refractivity contribution in [1.29, 1.82) is 0 Å². The summed E-state index contributed by atoms with van der Waals surface area (Å²) < 4.78 is 6.06. The summed E-state index contributed by atoms with van der Waals surface area (Å²) in [6, 6.07) is 1.78. The summed E-state index contributed by atoms with van der Waals surface area (Å²) in [5.41, 5.74) is 0.264. The first kappa shape index (κ1) is 12.2. The van der Waals surface area contributed by atoms with Crippen LogP contribution in [0.4, 0.5) is 10.5 Å². The van der Waals surface area contributed by atoms with Gasteiger partial charge in [-0.15, -0.1) is 0 Å². The van der Waals surface area contributed by atoms with Crippen molar-refractivity contribution in [2.45, 2.75) is 26.4 Å². The molecule has 2 N–H and O–H groups in total. The summed E-state index contributed by atoms with van der Waals surface area (Å²) in [6.45, 7) is 5.49. The lowest BCUT2D eigenvalue weighted by molar-refractivity contribution is -0.378. The zero-order valence-electron chi connectivity index (χ0n) is 8.93. The molecule has 1 amide bonds. The first-order chi connectivity index (χ1) is 6.88. The average Bonchev–Trinajstić information content (AvgIpc) is 2.05. The predicted octanol–water partition coefficient (Wildman–Crippen LogP) is 2.45. The number of aromatic amines is 1. The number of aromatic nitrogens is 1. The molecule has 0 aliphatic carbocycles. The fraction of sp³-hybridized carbons (Fsp3) is 0.400. The molecule has 4 nitrogen and oxygen atoms in total. The Hall–Kier alpha value is -0.850. The van der Waals surface area contributed by atoms with Crippen molar-refractivity contribution in [3.63, 3.8) is 0 Å². The zero-order valence-corrected chi connectivity index (χ0v) is 11.1. The number of hydrogen-bond donors (Lipinski definition) is 1. The highest BCUT2D eigenvalue weighted by Crippen LogP contribution is 2.16. The van der Waals surface area contributed by atoms with Gasteiger partial charge in [-0.2, -0.15) is 0 Å². The van der Waals surface area contributed by atoms with Crippen LogP contribution in [0.5, 0.6) is 0 Å². The number of H-pyrrole nitrogens is 1. The molecular formula is C10H14IN2O2+. The van der Waals surface area contributed by atoms with Crippen LogP contribution in [0, 0.1) is 3.57 Å². The Morgan fingerprint density at radius 3 is 2.73 bits per heavy atom. The van der Waals surface area contributed by atoms with Gasteiger partial charge in [0.1, 0.15) is 9.17 Å². The number of rotatable bonds is 1. The van der Waals surface area contributed by atoms with Crippen LogP contribution in [0.15, 0.2) is 18.5 Å². The van der Waals surface area contributed by atoms with E-state index in [0.717, 1.165) is 9.26 Å². The smallest absolute Gasteiger partial charge is 0.412 e. The lowest BCUT2D eigenvalue weighted by atomic mass is 10.2. The molecule has 0 spiro atoms. The van der Waals surface area contributed by atoms with Crippen molar-refractivity contribution in [2.24, 2.45) is 0 Å². The van der Waals surface area contributed by atoms with Crippen molar-refractivity contribution in [1.82, 2.24) is 0 Å². The van der Waals surface area contributed by atoms with Gasteiger partial charge in [0.25, 0.3) is 0 Å². The minimum absolute atomic E-state index is 0.438. The van der Waals surface area contributed by atoms with Gasteiger partial charge in [-0.1, -0.05) is 0 Å². The molecule has 1 heterocycles. The highest BCUT2D eigenvalue weighted by molar-refractivity contribution is 14.1. The SMILES string of the molecule is CC(C)(C)OC(=O)Nc1cc[nH+]cc1I. The number of ether oxygens (including phenoxy) is 1. The van der Waals surface area contributed by atoms with Crippen LogP contribution in [0.25, 0.3) is 0 Å². The fourth-order valence-corrected chi connectivity index (χ4v) is 1.42. The van der Waals surface area contributed by atoms with E-state index in [9.17, 15) is 4.79 Å². The van der Waals surface area contributed by atoms with Crippen LogP contribution in [0.2, 0.25) is 0 Å². The molecule has 1 aromatic heterocycles. The van der Waals surface area contributed by atoms with Gasteiger partial charge in [0.05, 0.1) is 5.69 Å². The summed E-state index contributed by atoms with van der Waals surface area (Å²) in [5.74, 6) is 0. The first-order valence-electron chi connectivity index (χ1n) is 4.54. The molecule has 0 saturated heterocycles. The number of nitrogens with one attached hydrogen (secondary N) is 2. The summed E-state index contributed by atoms with van der Waals surface area (Å²) >= 11 is 2.13. The van der Waals surface area contributed by atoms with Gasteiger partial charge in [0.2, 0.25) is 0 Å². The Balaban J connectivity index is 2.64. The minimum atomic E-state index is -0.476. The maximum absolute atomic E-state index is 11.4. The molecule has 0 bridgehead atoms. The Kier molecular flexibility index (Phi) is 3.90. The molecule has 0 aromatic carbocycles. The van der Waals surface area contributed by atoms with Crippen molar-refractivity contribution in [3.8, 4) is 0 Å². The average molecular weight is 321 g/mol. The number of carbonyl (C=O) groups excluding carboxylic acids is 1. The van der Waals surface area contributed by atoms with E-state index in [1.54, 1.807) is 18.5 Å². The number of halogens is 1. The third-order valence-corrected chi connectivity index (χ3v) is 2.34. The topological polar surface area (TPSA) is 52.5 Å². The molecule has 0 aliphatic heterocycles. The van der Waals surface area contributed by atoms with E-state index >= 15 is 0 Å². The van der Waals surface area contributed by atoms with Crippen molar-refractivity contribution in [2.75, 3.05) is 5.32 Å². The second-order valence-electron chi connectivity index (χ2n) is 4.03. The van der Waals surface area contributed by atoms with Crippen LogP contribution in [-0.2, 0) is 4.74 Å². The molecule has 0 aliphatic rings. The molecule has 5 heteroatoms. The molecule has 0 unspecified atom stereocenters. The van der Waals surface area contributed by atoms with Gasteiger partial charge < -0.3 is 4.74 Å². The Bertz CT molecular complexity index is 361. The number of amides is 1. The summed E-state index contributed by atoms with van der Waals surface area (Å²) in [7, 11) is 0. The molecular weight excluding hydrogens is 307 g/mol. The van der Waals surface area contributed by atoms with Crippen LogP contribution in [-0.4, -0.2) is 11.7 Å². The van der Waals surface area contributed by atoms with Crippen LogP contribution in [0.1, 0.15) is 20.8 Å². The molecule has 15 heavy (non-hydrogen) atoms. The van der Waals surface area contributed by atoms with E-state index in [4.69, 9.17) is 4.74 Å². The van der Waals surface area contributed by atoms with Gasteiger partial charge in [-0.3, -0.25) is 5.32 Å². The number of pyridine rings is 1. The molecule has 0 atom stereocenters. The maximum atomic E-state index is 11.4. The molecule has 1 rings (SSSR count). The van der Waals surface area contributed by atoms with E-state index in [1.807, 2.05) is 20.8 Å². The summed E-state index contributed by atoms with van der Waals surface area (Å²) in [5, 5.41) is 2.68. The molecule has 0 fully saturated rings. The van der Waals surface area contributed by atoms with Gasteiger partial charge in [-0.05, 0) is 43.4 Å². The molecule has 82 valence electrons. The zero-order chi connectivity index (χ0) is 11.5. The quantitative estimate of drug-likeness (QED) is 0.808. The molecule has 1 aromatic rings. The molecule has 0 saturated carbocycles. The normalized spacial score (nSPS) is 10.9. The number of hydrogen-bond acceptors (Lipinski definition) is 2. The van der Waals surface area contributed by atoms with E-state index in [-0.39, 0.29) is 0 Å². The predicted molar refractivity (Wildman–Crippen MR) is 65.6 cm³/mol. The molecule has 0 radical (unpaired) electrons. The lowest BCUT2D eigenvalue weighted by Crippen LogP contribution is -2.27. The third kappa shape index (κ3) is 4.46. The Morgan fingerprint density at radius 1 is 1.53 bits per heavy atom. The fourth-order valence-electron chi connectivity index (χ4n) is 0.925. The first-order valence-corrected chi connectivity index (χ1v) is 5.62. The summed E-state index contributed by atoms with van der Waals surface area (Å²) in [4.78, 5) is 14.4. The Morgan fingerprint density at radius 2 is 2.20 bits per heavy atom. The van der Waals surface area contributed by atoms with Gasteiger partial charge >= 0.3 is 6.09 Å². The second kappa shape index (κ2) is 4.78. The monoisotopic (exact) mass is 321 g/mol. The second-order valence-corrected chi connectivity index (χ2v) is 5.20.